The Kier molecular flexibility index (Phi) is 5.93. The standard InChI is InChI=1S/C17H18N2O6S/c1-3-25-17(20)14-7-8-16(12(2)9-14)18-26(23,24)11-13-5-4-6-15(10-13)19(21)22/h4-10,18H,3,11H2,1-2H3. The Morgan fingerprint density at radius 2 is 1.96 bits per heavy atom. The van der Waals surface area contributed by atoms with Crippen LogP contribution in [0.2, 0.25) is 0 Å². The fourth-order valence-corrected chi connectivity index (χ4v) is 3.56. The first-order chi connectivity index (χ1) is 12.2. The number of carbonyl (C=O) groups is 1. The Bertz CT molecular complexity index is 940. The number of nitro groups is 1. The van der Waals surface area contributed by atoms with Gasteiger partial charge in [0.2, 0.25) is 10.0 Å². The number of hydrogen-bond donors (Lipinski definition) is 1. The van der Waals surface area contributed by atoms with Gasteiger partial charge in [0.25, 0.3) is 5.69 Å². The van der Waals surface area contributed by atoms with Crippen LogP contribution in [0.4, 0.5) is 11.4 Å². The van der Waals surface area contributed by atoms with E-state index in [1.165, 1.54) is 42.5 Å². The zero-order chi connectivity index (χ0) is 19.3. The monoisotopic (exact) mass is 378 g/mol. The number of non-ortho nitro benzene ring substituents is 1. The molecule has 0 unspecified atom stereocenters. The maximum absolute atomic E-state index is 12.4. The lowest BCUT2D eigenvalue weighted by atomic mass is 10.1. The number of carbonyl (C=O) groups excluding carboxylic acids is 1. The fraction of sp³-hybridized carbons (Fsp3) is 0.235. The fourth-order valence-electron chi connectivity index (χ4n) is 2.30. The van der Waals surface area contributed by atoms with Crippen LogP contribution in [0.25, 0.3) is 0 Å². The van der Waals surface area contributed by atoms with Crippen LogP contribution in [0, 0.1) is 17.0 Å². The van der Waals surface area contributed by atoms with E-state index in [2.05, 4.69) is 4.72 Å². The van der Waals surface area contributed by atoms with Gasteiger partial charge in [0.05, 0.1) is 28.5 Å². The van der Waals surface area contributed by atoms with Gasteiger partial charge in [-0.1, -0.05) is 12.1 Å². The van der Waals surface area contributed by atoms with Crippen molar-refractivity contribution < 1.29 is 22.9 Å². The number of sulfonamides is 1. The van der Waals surface area contributed by atoms with Crippen LogP contribution in [-0.4, -0.2) is 25.9 Å². The van der Waals surface area contributed by atoms with Crippen molar-refractivity contribution in [2.75, 3.05) is 11.3 Å². The molecule has 0 radical (unpaired) electrons. The molecular formula is C17H18N2O6S. The average molecular weight is 378 g/mol. The van der Waals surface area contributed by atoms with Gasteiger partial charge in [-0.3, -0.25) is 14.8 Å². The third-order valence-electron chi connectivity index (χ3n) is 3.48. The van der Waals surface area contributed by atoms with Crippen LogP contribution in [0.15, 0.2) is 42.5 Å². The summed E-state index contributed by atoms with van der Waals surface area (Å²) in [5, 5.41) is 10.8. The summed E-state index contributed by atoms with van der Waals surface area (Å²) in [4.78, 5) is 21.9. The van der Waals surface area contributed by atoms with Crippen LogP contribution in [0.5, 0.6) is 0 Å². The maximum atomic E-state index is 12.4. The average Bonchev–Trinajstić information content (AvgIpc) is 2.56. The summed E-state index contributed by atoms with van der Waals surface area (Å²) in [6.07, 6.45) is 0. The second kappa shape index (κ2) is 7.96. The van der Waals surface area contributed by atoms with E-state index in [1.807, 2.05) is 0 Å². The normalized spacial score (nSPS) is 11.0. The van der Waals surface area contributed by atoms with E-state index in [-0.39, 0.29) is 12.3 Å². The zero-order valence-electron chi connectivity index (χ0n) is 14.3. The molecule has 26 heavy (non-hydrogen) atoms. The van der Waals surface area contributed by atoms with Gasteiger partial charge in [0, 0.05) is 12.1 Å². The van der Waals surface area contributed by atoms with Crippen molar-refractivity contribution >= 4 is 27.4 Å². The van der Waals surface area contributed by atoms with E-state index in [1.54, 1.807) is 13.8 Å². The van der Waals surface area contributed by atoms with E-state index in [0.29, 0.717) is 22.4 Å². The van der Waals surface area contributed by atoms with Gasteiger partial charge in [0.15, 0.2) is 0 Å². The summed E-state index contributed by atoms with van der Waals surface area (Å²) in [6.45, 7) is 3.60. The Morgan fingerprint density at radius 1 is 1.23 bits per heavy atom. The SMILES string of the molecule is CCOC(=O)c1ccc(NS(=O)(=O)Cc2cccc([N+](=O)[O-])c2)c(C)c1. The van der Waals surface area contributed by atoms with Gasteiger partial charge in [-0.2, -0.15) is 0 Å². The number of nitrogens with zero attached hydrogens (tertiary/aromatic N) is 1. The Hall–Kier alpha value is -2.94. The van der Waals surface area contributed by atoms with E-state index in [9.17, 15) is 23.3 Å². The van der Waals surface area contributed by atoms with Crippen LogP contribution in [0.3, 0.4) is 0 Å². The number of ether oxygens (including phenoxy) is 1. The van der Waals surface area contributed by atoms with Crippen molar-refractivity contribution in [2.45, 2.75) is 19.6 Å². The smallest absolute Gasteiger partial charge is 0.338 e. The lowest BCUT2D eigenvalue weighted by molar-refractivity contribution is -0.384. The van der Waals surface area contributed by atoms with Gasteiger partial charge in [-0.15, -0.1) is 0 Å². The quantitative estimate of drug-likeness (QED) is 0.450. The van der Waals surface area contributed by atoms with Crippen LogP contribution >= 0.6 is 0 Å². The first-order valence-corrected chi connectivity index (χ1v) is 9.38. The third kappa shape index (κ3) is 5.03. The molecule has 0 atom stereocenters. The minimum Gasteiger partial charge on any atom is -0.462 e. The summed E-state index contributed by atoms with van der Waals surface area (Å²) in [6, 6.07) is 9.93. The number of anilines is 1. The minimum atomic E-state index is -3.78. The number of nitrogens with one attached hydrogen (secondary N) is 1. The van der Waals surface area contributed by atoms with E-state index in [0.717, 1.165) is 0 Å². The number of rotatable bonds is 7. The molecule has 0 aliphatic heterocycles. The lowest BCUT2D eigenvalue weighted by Gasteiger charge is -2.12. The molecule has 0 amide bonds. The summed E-state index contributed by atoms with van der Waals surface area (Å²) in [5.41, 5.74) is 1.33. The minimum absolute atomic E-state index is 0.173. The maximum Gasteiger partial charge on any atom is 0.338 e. The van der Waals surface area contributed by atoms with Crippen LogP contribution in [-0.2, 0) is 20.5 Å². The topological polar surface area (TPSA) is 116 Å². The highest BCUT2D eigenvalue weighted by atomic mass is 32.2. The van der Waals surface area contributed by atoms with Crippen molar-refractivity contribution in [3.63, 3.8) is 0 Å². The van der Waals surface area contributed by atoms with Crippen molar-refractivity contribution in [2.24, 2.45) is 0 Å². The summed E-state index contributed by atoms with van der Waals surface area (Å²) < 4.78 is 32.0. The first kappa shape index (κ1) is 19.4. The van der Waals surface area contributed by atoms with Crippen LogP contribution < -0.4 is 4.72 Å². The molecule has 0 heterocycles. The molecule has 138 valence electrons. The molecule has 1 N–H and O–H groups in total. The van der Waals surface area contributed by atoms with Gasteiger partial charge >= 0.3 is 5.97 Å². The molecule has 2 rings (SSSR count). The van der Waals surface area contributed by atoms with Gasteiger partial charge in [-0.05, 0) is 43.2 Å². The van der Waals surface area contributed by atoms with E-state index < -0.39 is 26.7 Å². The predicted octanol–water partition coefficient (Wildman–Crippen LogP) is 3.02. The summed E-state index contributed by atoms with van der Waals surface area (Å²) in [5.74, 6) is -0.894. The molecule has 0 aliphatic rings. The molecule has 0 bridgehead atoms. The van der Waals surface area contributed by atoms with Gasteiger partial charge in [0.1, 0.15) is 0 Å². The summed E-state index contributed by atoms with van der Waals surface area (Å²) >= 11 is 0. The second-order valence-corrected chi connectivity index (χ2v) is 7.26. The van der Waals surface area contributed by atoms with Crippen molar-refractivity contribution in [3.8, 4) is 0 Å². The number of esters is 1. The molecule has 2 aromatic carbocycles. The van der Waals surface area contributed by atoms with Crippen molar-refractivity contribution in [1.82, 2.24) is 0 Å². The highest BCUT2D eigenvalue weighted by Crippen LogP contribution is 2.21. The van der Waals surface area contributed by atoms with Crippen LogP contribution in [0.1, 0.15) is 28.4 Å². The lowest BCUT2D eigenvalue weighted by Crippen LogP contribution is -2.16. The third-order valence-corrected chi connectivity index (χ3v) is 4.73. The van der Waals surface area contributed by atoms with E-state index in [4.69, 9.17) is 4.74 Å². The number of benzene rings is 2. The molecule has 0 spiro atoms. The molecule has 0 fully saturated rings. The number of hydrogen-bond acceptors (Lipinski definition) is 6. The molecule has 0 saturated carbocycles. The summed E-state index contributed by atoms with van der Waals surface area (Å²) in [7, 11) is -3.78. The predicted molar refractivity (Wildman–Crippen MR) is 96.5 cm³/mol. The molecule has 2 aromatic rings. The highest BCUT2D eigenvalue weighted by Gasteiger charge is 2.16. The molecule has 0 aliphatic carbocycles. The molecule has 0 aromatic heterocycles. The van der Waals surface area contributed by atoms with Gasteiger partial charge in [-0.25, -0.2) is 13.2 Å². The molecule has 9 heteroatoms. The van der Waals surface area contributed by atoms with Gasteiger partial charge < -0.3 is 4.74 Å². The number of aryl methyl sites for hydroxylation is 1. The second-order valence-electron chi connectivity index (χ2n) is 5.54. The van der Waals surface area contributed by atoms with E-state index >= 15 is 0 Å². The van der Waals surface area contributed by atoms with Crippen molar-refractivity contribution in [1.29, 1.82) is 0 Å². The molecular weight excluding hydrogens is 360 g/mol. The largest absolute Gasteiger partial charge is 0.462 e. The molecule has 8 nitrogen and oxygen atoms in total. The zero-order valence-corrected chi connectivity index (χ0v) is 15.1. The van der Waals surface area contributed by atoms with Crippen molar-refractivity contribution in [3.05, 3.63) is 69.3 Å². The Morgan fingerprint density at radius 3 is 2.58 bits per heavy atom. The highest BCUT2D eigenvalue weighted by molar-refractivity contribution is 7.91. The number of nitro benzene ring substituents is 1. The first-order valence-electron chi connectivity index (χ1n) is 7.73. The molecule has 0 saturated heterocycles. The Labute approximate surface area is 151 Å². The Balaban J connectivity index is 2.17.